The number of rotatable bonds is 9. The molecule has 7 heteroatoms. The third-order valence-corrected chi connectivity index (χ3v) is 8.14. The molecule has 0 amide bonds. The minimum atomic E-state index is -0.260. The maximum atomic E-state index is 13.8. The highest BCUT2D eigenvalue weighted by molar-refractivity contribution is 5.98. The molecule has 0 atom stereocenters. The molecule has 41 heavy (non-hydrogen) atoms. The molecule has 0 bridgehead atoms. The lowest BCUT2D eigenvalue weighted by Gasteiger charge is -2.12. The number of halogens is 1. The lowest BCUT2D eigenvalue weighted by atomic mass is 10.00. The molecule has 5 aromatic rings. The first-order valence-electron chi connectivity index (χ1n) is 14.3. The van der Waals surface area contributed by atoms with Gasteiger partial charge in [-0.1, -0.05) is 49.8 Å². The monoisotopic (exact) mass is 546 g/mol. The quantitative estimate of drug-likeness (QED) is 0.164. The van der Waals surface area contributed by atoms with Gasteiger partial charge in [0.2, 0.25) is 0 Å². The van der Waals surface area contributed by atoms with Crippen LogP contribution in [-0.2, 0) is 0 Å². The predicted molar refractivity (Wildman–Crippen MR) is 166 cm³/mol. The second kappa shape index (κ2) is 11.6. The van der Waals surface area contributed by atoms with Gasteiger partial charge in [-0.15, -0.1) is 0 Å². The topological polar surface area (TPSA) is 82.3 Å². The Morgan fingerprint density at radius 1 is 1.10 bits per heavy atom. The van der Waals surface area contributed by atoms with Crippen molar-refractivity contribution >= 4 is 27.5 Å². The van der Waals surface area contributed by atoms with Crippen molar-refractivity contribution in [1.82, 2.24) is 30.5 Å². The van der Waals surface area contributed by atoms with Crippen LogP contribution in [0.5, 0.6) is 0 Å². The molecule has 0 aliphatic heterocycles. The van der Waals surface area contributed by atoms with Crippen molar-refractivity contribution < 1.29 is 4.39 Å². The van der Waals surface area contributed by atoms with E-state index in [1.54, 1.807) is 18.5 Å². The summed E-state index contributed by atoms with van der Waals surface area (Å²) >= 11 is 0. The summed E-state index contributed by atoms with van der Waals surface area (Å²) < 4.78 is 13.8. The number of pyridine rings is 1. The molecule has 3 aromatic heterocycles. The number of aryl methyl sites for hydroxylation is 1. The van der Waals surface area contributed by atoms with Gasteiger partial charge in [-0.3, -0.25) is 10.1 Å². The maximum Gasteiger partial charge on any atom is 0.159 e. The third kappa shape index (κ3) is 5.50. The first-order valence-corrected chi connectivity index (χ1v) is 14.3. The Labute approximate surface area is 239 Å². The van der Waals surface area contributed by atoms with E-state index in [2.05, 4.69) is 69.3 Å². The Kier molecular flexibility index (Phi) is 7.61. The van der Waals surface area contributed by atoms with Crippen LogP contribution >= 0.6 is 0 Å². The van der Waals surface area contributed by atoms with Crippen molar-refractivity contribution in [1.29, 1.82) is 0 Å². The van der Waals surface area contributed by atoms with Gasteiger partial charge in [0.25, 0.3) is 0 Å². The van der Waals surface area contributed by atoms with E-state index in [1.165, 1.54) is 37.8 Å². The molecule has 2 aromatic carbocycles. The summed E-state index contributed by atoms with van der Waals surface area (Å²) in [7, 11) is 0. The van der Waals surface area contributed by atoms with E-state index in [4.69, 9.17) is 4.98 Å². The zero-order chi connectivity index (χ0) is 28.3. The number of hydrogen-bond acceptors (Lipinski definition) is 4. The van der Waals surface area contributed by atoms with Gasteiger partial charge in [0, 0.05) is 23.7 Å². The number of H-pyrrole nitrogens is 2. The maximum absolute atomic E-state index is 13.8. The fraction of sp³-hybridized carbons (Fsp3) is 0.265. The highest BCUT2D eigenvalue weighted by Gasteiger charge is 2.18. The Bertz CT molecular complexity index is 1780. The molecular weight excluding hydrogens is 511 g/mol. The summed E-state index contributed by atoms with van der Waals surface area (Å²) in [6.07, 6.45) is 15.2. The molecule has 6 rings (SSSR count). The number of nitrogens with one attached hydrogen (secondary N) is 3. The lowest BCUT2D eigenvalue weighted by molar-refractivity contribution is 0.503. The zero-order valence-corrected chi connectivity index (χ0v) is 23.6. The van der Waals surface area contributed by atoms with Crippen LogP contribution in [0.1, 0.15) is 43.7 Å². The summed E-state index contributed by atoms with van der Waals surface area (Å²) in [5.41, 5.74) is 9.20. The van der Waals surface area contributed by atoms with Gasteiger partial charge in [-0.25, -0.2) is 9.37 Å². The molecule has 1 aliphatic rings. The predicted octanol–water partition coefficient (Wildman–Crippen LogP) is 7.91. The highest BCUT2D eigenvalue weighted by Crippen LogP contribution is 2.33. The molecule has 3 N–H and O–H groups in total. The van der Waals surface area contributed by atoms with Crippen LogP contribution in [0.25, 0.3) is 50.2 Å². The molecule has 0 unspecified atom stereocenters. The van der Waals surface area contributed by atoms with Gasteiger partial charge in [-0.2, -0.15) is 5.10 Å². The Hall–Kier alpha value is -4.36. The molecule has 1 aliphatic carbocycles. The van der Waals surface area contributed by atoms with Gasteiger partial charge in [0.1, 0.15) is 17.0 Å². The highest BCUT2D eigenvalue weighted by atomic mass is 19.1. The fourth-order valence-electron chi connectivity index (χ4n) is 5.90. The number of fused-ring (bicyclic) bond motifs is 2. The van der Waals surface area contributed by atoms with Crippen LogP contribution < -0.4 is 5.32 Å². The Balaban J connectivity index is 1.32. The Morgan fingerprint density at radius 3 is 2.73 bits per heavy atom. The molecule has 6 nitrogen and oxygen atoms in total. The molecule has 1 fully saturated rings. The number of aromatic nitrogens is 5. The van der Waals surface area contributed by atoms with Crippen LogP contribution in [0.4, 0.5) is 4.39 Å². The van der Waals surface area contributed by atoms with Crippen molar-refractivity contribution in [3.8, 4) is 22.6 Å². The van der Waals surface area contributed by atoms with E-state index in [1.807, 2.05) is 13.0 Å². The number of imidazole rings is 1. The fourth-order valence-corrected chi connectivity index (χ4v) is 5.90. The van der Waals surface area contributed by atoms with Gasteiger partial charge < -0.3 is 10.3 Å². The minimum absolute atomic E-state index is 0.260. The van der Waals surface area contributed by atoms with Gasteiger partial charge >= 0.3 is 0 Å². The van der Waals surface area contributed by atoms with Crippen LogP contribution in [0.2, 0.25) is 0 Å². The first-order chi connectivity index (χ1) is 20.0. The minimum Gasteiger partial charge on any atom is -0.335 e. The standard InChI is InChI=1S/C34H35FN6/c1-4-22(17-36-18-23-8-6-7-9-23)15-24(5-2)25-10-13-30-28(16-25)33(41-40-30)34-38-31-20-37-19-29(32(31)39-34)27-12-11-26(35)14-21(27)3/h4-5,10-16,19-20,23,36H,1,6-9,17-18H2,2-3H3,(H,38,39)(H,40,41)/b22-15+,24-5+. The van der Waals surface area contributed by atoms with E-state index in [9.17, 15) is 4.39 Å². The molecule has 0 saturated heterocycles. The third-order valence-electron chi connectivity index (χ3n) is 8.14. The van der Waals surface area contributed by atoms with E-state index in [-0.39, 0.29) is 5.82 Å². The summed E-state index contributed by atoms with van der Waals surface area (Å²) in [5, 5.41) is 12.4. The summed E-state index contributed by atoms with van der Waals surface area (Å²) in [6.45, 7) is 9.88. The SMILES string of the molecule is C=C/C(=C\C(=C/C)c1ccc2[nH]nc(-c3nc4c(-c5ccc(F)cc5C)cncc4[nH]3)c2c1)CNCC1CCCC1. The van der Waals surface area contributed by atoms with Crippen LogP contribution in [0, 0.1) is 18.7 Å². The number of allylic oxidation sites excluding steroid dienone is 3. The van der Waals surface area contributed by atoms with Gasteiger partial charge in [0.15, 0.2) is 5.82 Å². The smallest absolute Gasteiger partial charge is 0.159 e. The zero-order valence-electron chi connectivity index (χ0n) is 23.6. The Morgan fingerprint density at radius 2 is 1.95 bits per heavy atom. The summed E-state index contributed by atoms with van der Waals surface area (Å²) in [4.78, 5) is 12.8. The second-order valence-corrected chi connectivity index (χ2v) is 10.9. The average Bonchev–Trinajstić information content (AvgIpc) is 3.74. The van der Waals surface area contributed by atoms with E-state index < -0.39 is 0 Å². The van der Waals surface area contributed by atoms with E-state index in [0.29, 0.717) is 5.82 Å². The molecule has 208 valence electrons. The number of aromatic amines is 2. The van der Waals surface area contributed by atoms with Crippen molar-refractivity contribution in [2.45, 2.75) is 39.5 Å². The molecule has 0 spiro atoms. The number of hydrogen-bond donors (Lipinski definition) is 3. The molecular formula is C34H35FN6. The van der Waals surface area contributed by atoms with Crippen molar-refractivity contribution in [3.63, 3.8) is 0 Å². The molecule has 0 radical (unpaired) electrons. The number of nitrogens with zero attached hydrogens (tertiary/aromatic N) is 3. The normalized spacial score (nSPS) is 14.9. The van der Waals surface area contributed by atoms with Crippen molar-refractivity contribution in [2.75, 3.05) is 13.1 Å². The number of benzene rings is 2. The van der Waals surface area contributed by atoms with Gasteiger partial charge in [-0.05, 0) is 91.3 Å². The summed E-state index contributed by atoms with van der Waals surface area (Å²) in [5.74, 6) is 1.19. The molecule has 3 heterocycles. The molecule has 1 saturated carbocycles. The van der Waals surface area contributed by atoms with Gasteiger partial charge in [0.05, 0.1) is 17.2 Å². The van der Waals surface area contributed by atoms with E-state index in [0.717, 1.165) is 80.0 Å². The van der Waals surface area contributed by atoms with Crippen molar-refractivity contribution in [2.24, 2.45) is 5.92 Å². The van der Waals surface area contributed by atoms with Crippen LogP contribution in [-0.4, -0.2) is 38.2 Å². The second-order valence-electron chi connectivity index (χ2n) is 10.9. The largest absolute Gasteiger partial charge is 0.335 e. The van der Waals surface area contributed by atoms with E-state index >= 15 is 0 Å². The van der Waals surface area contributed by atoms with Crippen LogP contribution in [0.15, 0.2) is 79.2 Å². The average molecular weight is 547 g/mol. The van der Waals surface area contributed by atoms with Crippen molar-refractivity contribution in [3.05, 3.63) is 96.1 Å². The first kappa shape index (κ1) is 26.8. The van der Waals surface area contributed by atoms with Crippen LogP contribution in [0.3, 0.4) is 0 Å². The summed E-state index contributed by atoms with van der Waals surface area (Å²) in [6, 6.07) is 11.1. The lowest BCUT2D eigenvalue weighted by Crippen LogP contribution is -2.23.